The Morgan fingerprint density at radius 1 is 1.05 bits per heavy atom. The maximum Gasteiger partial charge on any atom is 0.341 e. The lowest BCUT2D eigenvalue weighted by atomic mass is 10.1. The average Bonchev–Trinajstić information content (AvgIpc) is 2.87. The van der Waals surface area contributed by atoms with E-state index in [4.69, 9.17) is 24.1 Å². The summed E-state index contributed by atoms with van der Waals surface area (Å²) in [6.45, 7) is 4.02. The number of halogens is 1. The van der Waals surface area contributed by atoms with E-state index in [-0.39, 0.29) is 23.6 Å². The van der Waals surface area contributed by atoms with Gasteiger partial charge in [0.2, 0.25) is 0 Å². The molecule has 2 aromatic rings. The number of carbonyl (C=O) groups is 4. The van der Waals surface area contributed by atoms with E-state index in [1.807, 2.05) is 13.8 Å². The minimum atomic E-state index is -1.17. The summed E-state index contributed by atoms with van der Waals surface area (Å²) in [6, 6.07) is 7.26. The Labute approximate surface area is 227 Å². The number of carbonyl (C=O) groups excluding carboxylic acids is 3. The second-order valence-corrected chi connectivity index (χ2v) is 8.84. The lowest BCUT2D eigenvalue weighted by Crippen LogP contribution is -2.53. The highest BCUT2D eigenvalue weighted by Gasteiger charge is 2.36. The molecular weight excluding hydrogens is 564 g/mol. The number of barbiturate groups is 1. The number of hydrogen-bond acceptors (Lipinski definition) is 8. The van der Waals surface area contributed by atoms with Crippen LogP contribution in [0.2, 0.25) is 0 Å². The molecule has 1 aliphatic heterocycles. The third-order valence-electron chi connectivity index (χ3n) is 5.20. The molecular formula is C26H27BrN2O9. The topological polar surface area (TPSA) is 141 Å². The van der Waals surface area contributed by atoms with Gasteiger partial charge >= 0.3 is 12.0 Å². The number of methoxy groups -OCH3 is 1. The monoisotopic (exact) mass is 590 g/mol. The second-order valence-electron chi connectivity index (χ2n) is 7.99. The maximum absolute atomic E-state index is 13.2. The van der Waals surface area contributed by atoms with Gasteiger partial charge in [-0.2, -0.15) is 0 Å². The first-order valence-electron chi connectivity index (χ1n) is 11.7. The predicted octanol–water partition coefficient (Wildman–Crippen LogP) is 3.77. The van der Waals surface area contributed by atoms with Crippen LogP contribution in [0.1, 0.15) is 31.4 Å². The van der Waals surface area contributed by atoms with Crippen molar-refractivity contribution in [3.8, 4) is 23.0 Å². The number of amides is 4. The summed E-state index contributed by atoms with van der Waals surface area (Å²) < 4.78 is 22.2. The van der Waals surface area contributed by atoms with Crippen molar-refractivity contribution >= 4 is 45.8 Å². The molecule has 0 saturated carbocycles. The van der Waals surface area contributed by atoms with Gasteiger partial charge in [-0.3, -0.25) is 19.8 Å². The maximum atomic E-state index is 13.2. The van der Waals surface area contributed by atoms with Crippen molar-refractivity contribution < 1.29 is 43.2 Å². The van der Waals surface area contributed by atoms with E-state index >= 15 is 0 Å². The number of nitrogens with zero attached hydrogens (tertiary/aromatic N) is 1. The van der Waals surface area contributed by atoms with Gasteiger partial charge < -0.3 is 24.1 Å². The summed E-state index contributed by atoms with van der Waals surface area (Å²) in [5.41, 5.74) is 0.699. The van der Waals surface area contributed by atoms with Gasteiger partial charge in [0, 0.05) is 0 Å². The number of urea groups is 1. The van der Waals surface area contributed by atoms with Crippen LogP contribution in [0, 0.1) is 0 Å². The Bertz CT molecular complexity index is 1280. The van der Waals surface area contributed by atoms with Gasteiger partial charge in [0.05, 0.1) is 31.3 Å². The standard InChI is InChI=1S/C26H27BrN2O9/c1-4-8-37-19-7-6-15(11-20(19)36-5-2)13-29-25(33)17(24(32)28-26(29)34)9-16-10-18(27)23(21(12-16)35-3)38-14-22(30)31/h6-7,9-12H,4-5,8,13-14H2,1-3H3,(H,30,31)(H,28,32,34)/b17-9+. The van der Waals surface area contributed by atoms with E-state index < -0.39 is 30.4 Å². The summed E-state index contributed by atoms with van der Waals surface area (Å²) in [7, 11) is 1.36. The number of nitrogens with one attached hydrogen (secondary N) is 1. The number of hydrogen-bond donors (Lipinski definition) is 2. The highest BCUT2D eigenvalue weighted by molar-refractivity contribution is 9.10. The first-order chi connectivity index (χ1) is 18.2. The zero-order valence-corrected chi connectivity index (χ0v) is 22.6. The van der Waals surface area contributed by atoms with E-state index in [9.17, 15) is 19.2 Å². The number of carboxylic acid groups (broad SMARTS) is 1. The van der Waals surface area contributed by atoms with Crippen LogP contribution in [-0.4, -0.2) is 60.8 Å². The molecule has 11 nitrogen and oxygen atoms in total. The molecule has 0 aromatic heterocycles. The Morgan fingerprint density at radius 3 is 2.47 bits per heavy atom. The van der Waals surface area contributed by atoms with Crippen LogP contribution in [-0.2, 0) is 20.9 Å². The fourth-order valence-electron chi connectivity index (χ4n) is 3.53. The van der Waals surface area contributed by atoms with Crippen molar-refractivity contribution in [3.05, 3.63) is 51.5 Å². The molecule has 0 atom stereocenters. The molecule has 2 aromatic carbocycles. The first-order valence-corrected chi connectivity index (χ1v) is 12.5. The molecule has 1 saturated heterocycles. The zero-order valence-electron chi connectivity index (χ0n) is 21.0. The fourth-order valence-corrected chi connectivity index (χ4v) is 4.11. The molecule has 0 bridgehead atoms. The molecule has 1 heterocycles. The largest absolute Gasteiger partial charge is 0.493 e. The predicted molar refractivity (Wildman–Crippen MR) is 139 cm³/mol. The molecule has 0 radical (unpaired) electrons. The Morgan fingerprint density at radius 2 is 1.82 bits per heavy atom. The summed E-state index contributed by atoms with van der Waals surface area (Å²) in [6.07, 6.45) is 2.12. The summed E-state index contributed by atoms with van der Waals surface area (Å²) in [5, 5.41) is 11.1. The molecule has 0 unspecified atom stereocenters. The Hall–Kier alpha value is -4.06. The van der Waals surface area contributed by atoms with Crippen LogP contribution in [0.25, 0.3) is 6.08 Å². The van der Waals surface area contributed by atoms with Gasteiger partial charge in [-0.1, -0.05) is 13.0 Å². The number of ether oxygens (including phenoxy) is 4. The zero-order chi connectivity index (χ0) is 27.8. The van der Waals surface area contributed by atoms with E-state index in [1.165, 1.54) is 25.3 Å². The quantitative estimate of drug-likeness (QED) is 0.279. The van der Waals surface area contributed by atoms with Crippen molar-refractivity contribution in [1.29, 1.82) is 0 Å². The number of imide groups is 2. The number of benzene rings is 2. The third kappa shape index (κ3) is 6.82. The highest BCUT2D eigenvalue weighted by atomic mass is 79.9. The average molecular weight is 591 g/mol. The molecule has 1 aliphatic rings. The van der Waals surface area contributed by atoms with Gasteiger partial charge in [-0.15, -0.1) is 0 Å². The molecule has 202 valence electrons. The first kappa shape index (κ1) is 28.5. The summed E-state index contributed by atoms with van der Waals surface area (Å²) in [4.78, 5) is 50.2. The summed E-state index contributed by atoms with van der Waals surface area (Å²) in [5.74, 6) is -1.45. The van der Waals surface area contributed by atoms with Crippen LogP contribution in [0.15, 0.2) is 40.4 Å². The van der Waals surface area contributed by atoms with Gasteiger partial charge in [0.15, 0.2) is 29.6 Å². The second kappa shape index (κ2) is 13.0. The van der Waals surface area contributed by atoms with Gasteiger partial charge in [-0.05, 0) is 70.7 Å². The SMILES string of the molecule is CCCOc1ccc(CN2C(=O)NC(=O)/C(=C\c3cc(Br)c(OCC(=O)O)c(OC)c3)C2=O)cc1OCC. The molecule has 38 heavy (non-hydrogen) atoms. The van der Waals surface area contributed by atoms with E-state index in [0.717, 1.165) is 11.3 Å². The van der Waals surface area contributed by atoms with Gasteiger partial charge in [-0.25, -0.2) is 9.59 Å². The van der Waals surface area contributed by atoms with Gasteiger partial charge in [0.25, 0.3) is 11.8 Å². The van der Waals surface area contributed by atoms with Crippen molar-refractivity contribution in [2.24, 2.45) is 0 Å². The lowest BCUT2D eigenvalue weighted by molar-refractivity contribution is -0.139. The minimum Gasteiger partial charge on any atom is -0.493 e. The molecule has 2 N–H and O–H groups in total. The lowest BCUT2D eigenvalue weighted by Gasteiger charge is -2.26. The van der Waals surface area contributed by atoms with Crippen LogP contribution < -0.4 is 24.3 Å². The van der Waals surface area contributed by atoms with Crippen LogP contribution >= 0.6 is 15.9 Å². The van der Waals surface area contributed by atoms with Crippen molar-refractivity contribution in [2.75, 3.05) is 26.9 Å². The summed E-state index contributed by atoms with van der Waals surface area (Å²) >= 11 is 3.29. The highest BCUT2D eigenvalue weighted by Crippen LogP contribution is 2.37. The van der Waals surface area contributed by atoms with Crippen LogP contribution in [0.4, 0.5) is 4.79 Å². The Kier molecular flexibility index (Phi) is 9.72. The fraction of sp³-hybridized carbons (Fsp3) is 0.308. The smallest absolute Gasteiger partial charge is 0.341 e. The Balaban J connectivity index is 1.89. The van der Waals surface area contributed by atoms with Crippen molar-refractivity contribution in [1.82, 2.24) is 10.2 Å². The molecule has 12 heteroatoms. The molecule has 4 amide bonds. The minimum absolute atomic E-state index is 0.113. The van der Waals surface area contributed by atoms with Gasteiger partial charge in [0.1, 0.15) is 5.57 Å². The normalized spacial score (nSPS) is 14.4. The number of carboxylic acids is 1. The molecule has 1 fully saturated rings. The van der Waals surface area contributed by atoms with Crippen molar-refractivity contribution in [2.45, 2.75) is 26.8 Å². The third-order valence-corrected chi connectivity index (χ3v) is 5.79. The van der Waals surface area contributed by atoms with E-state index in [1.54, 1.807) is 18.2 Å². The number of aliphatic carboxylic acids is 1. The van der Waals surface area contributed by atoms with E-state index in [2.05, 4.69) is 21.2 Å². The molecule has 0 aliphatic carbocycles. The van der Waals surface area contributed by atoms with Crippen LogP contribution in [0.5, 0.6) is 23.0 Å². The van der Waals surface area contributed by atoms with Crippen molar-refractivity contribution in [3.63, 3.8) is 0 Å². The van der Waals surface area contributed by atoms with Crippen LogP contribution in [0.3, 0.4) is 0 Å². The molecule has 3 rings (SSSR count). The number of rotatable bonds is 12. The molecule has 0 spiro atoms. The van der Waals surface area contributed by atoms with E-state index in [0.29, 0.717) is 40.3 Å².